The first-order valence-electron chi connectivity index (χ1n) is 10.8. The van der Waals surface area contributed by atoms with Crippen molar-refractivity contribution in [2.45, 2.75) is 43.9 Å². The topological polar surface area (TPSA) is 80.3 Å². The highest BCUT2D eigenvalue weighted by molar-refractivity contribution is 7.14. The predicted molar refractivity (Wildman–Crippen MR) is 116 cm³/mol. The summed E-state index contributed by atoms with van der Waals surface area (Å²) in [5.41, 5.74) is 1.40. The van der Waals surface area contributed by atoms with Gasteiger partial charge in [-0.05, 0) is 68.4 Å². The van der Waals surface area contributed by atoms with Crippen molar-refractivity contribution in [2.24, 2.45) is 17.8 Å². The van der Waals surface area contributed by atoms with Gasteiger partial charge in [0.05, 0.1) is 12.2 Å². The van der Waals surface area contributed by atoms with Crippen LogP contribution in [0.25, 0.3) is 0 Å². The number of aromatic nitrogens is 1. The minimum atomic E-state index is -0.331. The van der Waals surface area contributed by atoms with Crippen molar-refractivity contribution < 1.29 is 14.3 Å². The number of para-hydroxylation sites is 1. The molecule has 2 amide bonds. The number of ether oxygens (including phenoxy) is 1. The Morgan fingerprint density at radius 3 is 2.37 bits per heavy atom. The van der Waals surface area contributed by atoms with E-state index in [1.807, 2.05) is 18.2 Å². The van der Waals surface area contributed by atoms with Crippen LogP contribution in [0.15, 0.2) is 35.7 Å². The van der Waals surface area contributed by atoms with Crippen LogP contribution >= 0.6 is 11.3 Å². The molecule has 30 heavy (non-hydrogen) atoms. The number of amides is 2. The Hall–Kier alpha value is -2.41. The molecule has 1 heterocycles. The molecule has 2 aromatic rings. The summed E-state index contributed by atoms with van der Waals surface area (Å²) in [5.74, 6) is 2.62. The molecule has 0 unspecified atom stereocenters. The van der Waals surface area contributed by atoms with Crippen molar-refractivity contribution in [1.82, 2.24) is 10.3 Å². The molecule has 4 aliphatic carbocycles. The van der Waals surface area contributed by atoms with Crippen LogP contribution < -0.4 is 15.4 Å². The lowest BCUT2D eigenvalue weighted by Gasteiger charge is -2.56. The molecule has 4 aliphatic rings. The van der Waals surface area contributed by atoms with E-state index in [1.165, 1.54) is 55.6 Å². The van der Waals surface area contributed by atoms with E-state index in [0.29, 0.717) is 10.9 Å². The number of hydrogen-bond acceptors (Lipinski definition) is 5. The summed E-state index contributed by atoms with van der Waals surface area (Å²) in [6.45, 7) is -0.214. The average Bonchev–Trinajstić information content (AvgIpc) is 3.20. The molecule has 0 spiro atoms. The predicted octanol–water partition coefficient (Wildman–Crippen LogP) is 3.74. The molecule has 0 saturated heterocycles. The number of nitrogens with one attached hydrogen (secondary N) is 2. The van der Waals surface area contributed by atoms with Crippen LogP contribution in [0.1, 0.15) is 44.2 Å². The Labute approximate surface area is 180 Å². The van der Waals surface area contributed by atoms with E-state index in [2.05, 4.69) is 16.0 Å². The molecular weight excluding hydrogens is 398 g/mol. The highest BCUT2D eigenvalue weighted by atomic mass is 32.1. The molecule has 4 fully saturated rings. The number of anilines is 1. The van der Waals surface area contributed by atoms with E-state index in [-0.39, 0.29) is 30.4 Å². The van der Waals surface area contributed by atoms with E-state index < -0.39 is 0 Å². The third kappa shape index (κ3) is 4.08. The number of hydrogen-bond donors (Lipinski definition) is 2. The molecule has 0 atom stereocenters. The number of thiazole rings is 1. The van der Waals surface area contributed by atoms with E-state index in [4.69, 9.17) is 9.72 Å². The summed E-state index contributed by atoms with van der Waals surface area (Å²) in [6.07, 6.45) is 7.98. The molecule has 6 rings (SSSR count). The van der Waals surface area contributed by atoms with E-state index in [9.17, 15) is 9.59 Å². The van der Waals surface area contributed by atoms with Crippen molar-refractivity contribution in [3.63, 3.8) is 0 Å². The van der Waals surface area contributed by atoms with Gasteiger partial charge in [0.25, 0.3) is 5.91 Å². The fraction of sp³-hybridized carbons (Fsp3) is 0.522. The molecule has 0 aliphatic heterocycles. The van der Waals surface area contributed by atoms with Gasteiger partial charge in [0.15, 0.2) is 11.7 Å². The van der Waals surface area contributed by atoms with Gasteiger partial charge >= 0.3 is 0 Å². The Kier molecular flexibility index (Phi) is 5.23. The molecule has 158 valence electrons. The zero-order valence-electron chi connectivity index (χ0n) is 16.9. The van der Waals surface area contributed by atoms with Crippen molar-refractivity contribution in [2.75, 3.05) is 18.5 Å². The lowest BCUT2D eigenvalue weighted by Crippen LogP contribution is -2.48. The number of benzene rings is 1. The fourth-order valence-corrected chi connectivity index (χ4v) is 6.91. The van der Waals surface area contributed by atoms with Crippen LogP contribution in [-0.2, 0) is 15.0 Å². The van der Waals surface area contributed by atoms with Crippen molar-refractivity contribution in [1.29, 1.82) is 0 Å². The largest absolute Gasteiger partial charge is 0.484 e. The lowest BCUT2D eigenvalue weighted by atomic mass is 9.49. The van der Waals surface area contributed by atoms with Gasteiger partial charge in [-0.2, -0.15) is 0 Å². The van der Waals surface area contributed by atoms with Crippen LogP contribution in [0.2, 0.25) is 0 Å². The van der Waals surface area contributed by atoms with Crippen LogP contribution in [0.3, 0.4) is 0 Å². The van der Waals surface area contributed by atoms with Crippen LogP contribution in [-0.4, -0.2) is 29.9 Å². The lowest BCUT2D eigenvalue weighted by molar-refractivity contribution is -0.125. The highest BCUT2D eigenvalue weighted by Crippen LogP contribution is 2.60. The second-order valence-electron chi connectivity index (χ2n) is 9.16. The second kappa shape index (κ2) is 8.02. The Bertz CT molecular complexity index is 892. The zero-order chi connectivity index (χ0) is 20.6. The first-order valence-corrected chi connectivity index (χ1v) is 11.7. The van der Waals surface area contributed by atoms with Gasteiger partial charge in [-0.1, -0.05) is 18.2 Å². The third-order valence-corrected chi connectivity index (χ3v) is 7.65. The summed E-state index contributed by atoms with van der Waals surface area (Å²) in [4.78, 5) is 28.9. The maximum absolute atomic E-state index is 12.2. The highest BCUT2D eigenvalue weighted by Gasteiger charge is 2.52. The normalized spacial score (nSPS) is 28.9. The smallest absolute Gasteiger partial charge is 0.258 e. The summed E-state index contributed by atoms with van der Waals surface area (Å²) in [5, 5.41) is 8.19. The van der Waals surface area contributed by atoms with E-state index in [0.717, 1.165) is 17.8 Å². The minimum absolute atomic E-state index is 0.0940. The molecule has 6 nitrogen and oxygen atoms in total. The van der Waals surface area contributed by atoms with Gasteiger partial charge < -0.3 is 15.4 Å². The number of nitrogens with zero attached hydrogens (tertiary/aromatic N) is 1. The van der Waals surface area contributed by atoms with Gasteiger partial charge in [0.1, 0.15) is 5.75 Å². The first-order chi connectivity index (χ1) is 14.6. The van der Waals surface area contributed by atoms with Gasteiger partial charge in [-0.3, -0.25) is 9.59 Å². The molecule has 4 bridgehead atoms. The Morgan fingerprint density at radius 1 is 1.03 bits per heavy atom. The van der Waals surface area contributed by atoms with Gasteiger partial charge in [-0.15, -0.1) is 11.3 Å². The maximum Gasteiger partial charge on any atom is 0.258 e. The minimum Gasteiger partial charge on any atom is -0.484 e. The average molecular weight is 426 g/mol. The Morgan fingerprint density at radius 2 is 1.70 bits per heavy atom. The van der Waals surface area contributed by atoms with Crippen LogP contribution in [0.4, 0.5) is 5.13 Å². The molecule has 7 heteroatoms. The standard InChI is InChI=1S/C23H27N3O3S/c27-20(12-24-21(28)13-29-18-4-2-1-3-5-18)26-22-25-19(14-30-22)23-9-15-6-16(10-23)8-17(7-15)11-23/h1-5,14-17H,6-13H2,(H,24,28)(H,25,26,27). The monoisotopic (exact) mass is 425 g/mol. The maximum atomic E-state index is 12.2. The van der Waals surface area contributed by atoms with Gasteiger partial charge in [0.2, 0.25) is 5.91 Å². The first kappa shape index (κ1) is 19.5. The molecule has 2 N–H and O–H groups in total. The van der Waals surface area contributed by atoms with E-state index in [1.54, 1.807) is 12.1 Å². The summed E-state index contributed by atoms with van der Waals surface area (Å²) in [7, 11) is 0. The molecule has 1 aromatic carbocycles. The number of carbonyl (C=O) groups is 2. The van der Waals surface area contributed by atoms with Gasteiger partial charge in [-0.25, -0.2) is 4.98 Å². The van der Waals surface area contributed by atoms with Gasteiger partial charge in [0, 0.05) is 10.8 Å². The fourth-order valence-electron chi connectivity index (χ4n) is 6.06. The van der Waals surface area contributed by atoms with Crippen LogP contribution in [0, 0.1) is 17.8 Å². The molecular formula is C23H27N3O3S. The summed E-state index contributed by atoms with van der Waals surface area (Å²) < 4.78 is 5.38. The SMILES string of the molecule is O=C(COc1ccccc1)NCC(=O)Nc1nc(C23CC4CC(CC(C4)C2)C3)cs1. The van der Waals surface area contributed by atoms with E-state index >= 15 is 0 Å². The number of carbonyl (C=O) groups excluding carboxylic acids is 2. The second-order valence-corrected chi connectivity index (χ2v) is 10.0. The van der Waals surface area contributed by atoms with Crippen molar-refractivity contribution >= 4 is 28.3 Å². The number of rotatable bonds is 7. The molecule has 4 saturated carbocycles. The molecule has 0 radical (unpaired) electrons. The van der Waals surface area contributed by atoms with Crippen molar-refractivity contribution in [3.05, 3.63) is 41.4 Å². The molecule has 1 aromatic heterocycles. The Balaban J connectivity index is 1.11. The van der Waals surface area contributed by atoms with Crippen LogP contribution in [0.5, 0.6) is 5.75 Å². The summed E-state index contributed by atoms with van der Waals surface area (Å²) in [6, 6.07) is 9.12. The summed E-state index contributed by atoms with van der Waals surface area (Å²) >= 11 is 1.49. The third-order valence-electron chi connectivity index (χ3n) is 6.89. The quantitative estimate of drug-likeness (QED) is 0.708. The zero-order valence-corrected chi connectivity index (χ0v) is 17.7. The van der Waals surface area contributed by atoms with Crippen molar-refractivity contribution in [3.8, 4) is 5.75 Å².